The molecule has 1 amide bonds. The van der Waals surface area contributed by atoms with Crippen LogP contribution in [0.25, 0.3) is 0 Å². The van der Waals surface area contributed by atoms with Gasteiger partial charge >= 0.3 is 0 Å². The second kappa shape index (κ2) is 5.88. The number of carbonyl (C=O) groups excluding carboxylic acids is 1. The van der Waals surface area contributed by atoms with Gasteiger partial charge in [-0.2, -0.15) is 0 Å². The number of carbonyl (C=O) groups is 1. The number of fused-ring (bicyclic) bond motifs is 1. The summed E-state index contributed by atoms with van der Waals surface area (Å²) in [5, 5.41) is 13.4. The minimum Gasteiger partial charge on any atom is -0.390 e. The Balaban J connectivity index is 1.88. The van der Waals surface area contributed by atoms with Gasteiger partial charge in [0.25, 0.3) is 5.91 Å². The first-order valence-corrected chi connectivity index (χ1v) is 7.62. The molecule has 22 heavy (non-hydrogen) atoms. The van der Waals surface area contributed by atoms with E-state index in [0.717, 1.165) is 11.1 Å². The van der Waals surface area contributed by atoms with Crippen LogP contribution < -0.4 is 5.32 Å². The van der Waals surface area contributed by atoms with Crippen LogP contribution in [0.3, 0.4) is 0 Å². The predicted octanol–water partition coefficient (Wildman–Crippen LogP) is 3.08. The van der Waals surface area contributed by atoms with Crippen LogP contribution in [0.2, 0.25) is 10.0 Å². The molecule has 2 aromatic rings. The smallest absolute Gasteiger partial charge is 0.254 e. The molecule has 0 bridgehead atoms. The van der Waals surface area contributed by atoms with Gasteiger partial charge in [-0.15, -0.1) is 0 Å². The van der Waals surface area contributed by atoms with Crippen LogP contribution in [-0.4, -0.2) is 22.1 Å². The summed E-state index contributed by atoms with van der Waals surface area (Å²) < 4.78 is 0. The highest BCUT2D eigenvalue weighted by molar-refractivity contribution is 6.44. The Bertz CT molecular complexity index is 749. The zero-order valence-corrected chi connectivity index (χ0v) is 13.3. The Morgan fingerprint density at radius 3 is 2.82 bits per heavy atom. The summed E-state index contributed by atoms with van der Waals surface area (Å²) in [5.74, 6) is -0.403. The van der Waals surface area contributed by atoms with Crippen molar-refractivity contribution in [2.24, 2.45) is 0 Å². The van der Waals surface area contributed by atoms with Crippen molar-refractivity contribution in [2.45, 2.75) is 25.5 Å². The lowest BCUT2D eigenvalue weighted by molar-refractivity contribution is 0.0858. The van der Waals surface area contributed by atoms with E-state index in [1.54, 1.807) is 6.92 Å². The number of benzene rings is 1. The Morgan fingerprint density at radius 2 is 2.05 bits per heavy atom. The van der Waals surface area contributed by atoms with E-state index in [2.05, 4.69) is 10.3 Å². The maximum Gasteiger partial charge on any atom is 0.254 e. The van der Waals surface area contributed by atoms with Crippen LogP contribution >= 0.6 is 23.2 Å². The zero-order valence-electron chi connectivity index (χ0n) is 11.8. The summed E-state index contributed by atoms with van der Waals surface area (Å²) in [5.41, 5.74) is 2.72. The number of aliphatic hydroxyl groups excluding tert-OH is 1. The van der Waals surface area contributed by atoms with Gasteiger partial charge in [0.1, 0.15) is 0 Å². The number of aromatic nitrogens is 1. The van der Waals surface area contributed by atoms with Gasteiger partial charge in [0, 0.05) is 12.6 Å². The third-order valence-corrected chi connectivity index (χ3v) is 4.82. The van der Waals surface area contributed by atoms with E-state index in [0.29, 0.717) is 12.1 Å². The number of aliphatic hydroxyl groups is 1. The number of nitrogens with zero attached hydrogens (tertiary/aromatic N) is 1. The molecule has 0 saturated heterocycles. The van der Waals surface area contributed by atoms with Crippen molar-refractivity contribution in [3.8, 4) is 0 Å². The average Bonchev–Trinajstić information content (AvgIpc) is 2.81. The number of amides is 1. The van der Waals surface area contributed by atoms with E-state index >= 15 is 0 Å². The molecule has 0 radical (unpaired) electrons. The van der Waals surface area contributed by atoms with Crippen LogP contribution in [0.5, 0.6) is 0 Å². The molecule has 1 heterocycles. The van der Waals surface area contributed by atoms with E-state index in [1.807, 2.05) is 24.3 Å². The van der Waals surface area contributed by atoms with Crippen molar-refractivity contribution >= 4 is 29.1 Å². The quantitative estimate of drug-likeness (QED) is 0.885. The highest BCUT2D eigenvalue weighted by atomic mass is 35.5. The number of halogens is 2. The number of aryl methyl sites for hydroxylation is 1. The number of nitrogens with one attached hydrogen (secondary N) is 1. The molecular weight excluding hydrogens is 323 g/mol. The Labute approximate surface area is 138 Å². The van der Waals surface area contributed by atoms with Gasteiger partial charge in [-0.3, -0.25) is 9.78 Å². The van der Waals surface area contributed by atoms with Crippen molar-refractivity contribution in [1.29, 1.82) is 0 Å². The second-order valence-electron chi connectivity index (χ2n) is 5.31. The van der Waals surface area contributed by atoms with E-state index in [9.17, 15) is 9.90 Å². The molecule has 3 rings (SSSR count). The lowest BCUT2D eigenvalue weighted by Crippen LogP contribution is -2.34. The van der Waals surface area contributed by atoms with Gasteiger partial charge in [-0.25, -0.2) is 0 Å². The highest BCUT2D eigenvalue weighted by Gasteiger charge is 2.32. The fraction of sp³-hybridized carbons (Fsp3) is 0.250. The van der Waals surface area contributed by atoms with E-state index in [4.69, 9.17) is 23.2 Å². The van der Waals surface area contributed by atoms with Gasteiger partial charge in [0.05, 0.1) is 33.4 Å². The molecule has 114 valence electrons. The van der Waals surface area contributed by atoms with Crippen molar-refractivity contribution in [1.82, 2.24) is 10.3 Å². The molecule has 1 aliphatic carbocycles. The molecule has 6 heteroatoms. The van der Waals surface area contributed by atoms with Crippen LogP contribution in [0.15, 0.2) is 30.5 Å². The minimum absolute atomic E-state index is 0.174. The average molecular weight is 337 g/mol. The number of hydrogen-bond acceptors (Lipinski definition) is 3. The molecular formula is C16H14Cl2N2O2. The van der Waals surface area contributed by atoms with Crippen molar-refractivity contribution in [3.63, 3.8) is 0 Å². The van der Waals surface area contributed by atoms with Gasteiger partial charge in [-0.1, -0.05) is 47.5 Å². The standard InChI is InChI=1S/C16H14Cl2N2O2/c1-8-13(17)14(18)11(7-19-8)16(22)20-15-10-5-3-2-4-9(10)6-12(15)21/h2-5,7,12,15,21H,6H2,1H3,(H,20,22)/t12-,15+/m1/s1. The van der Waals surface area contributed by atoms with E-state index in [1.165, 1.54) is 6.20 Å². The molecule has 0 unspecified atom stereocenters. The summed E-state index contributed by atoms with van der Waals surface area (Å²) in [6, 6.07) is 7.18. The maximum absolute atomic E-state index is 12.4. The Morgan fingerprint density at radius 1 is 1.32 bits per heavy atom. The Hall–Kier alpha value is -1.62. The first-order chi connectivity index (χ1) is 10.5. The van der Waals surface area contributed by atoms with Crippen LogP contribution in [-0.2, 0) is 6.42 Å². The monoisotopic (exact) mass is 336 g/mol. The minimum atomic E-state index is -0.658. The van der Waals surface area contributed by atoms with E-state index < -0.39 is 18.1 Å². The number of pyridine rings is 1. The molecule has 2 atom stereocenters. The Kier molecular flexibility index (Phi) is 4.08. The van der Waals surface area contributed by atoms with Crippen molar-refractivity contribution in [2.75, 3.05) is 0 Å². The third kappa shape index (κ3) is 2.58. The van der Waals surface area contributed by atoms with Gasteiger partial charge in [0.2, 0.25) is 0 Å². The molecule has 1 aromatic carbocycles. The first kappa shape index (κ1) is 15.3. The van der Waals surface area contributed by atoms with Gasteiger partial charge in [-0.05, 0) is 18.1 Å². The summed E-state index contributed by atoms with van der Waals surface area (Å²) in [6.07, 6.45) is 1.25. The summed E-state index contributed by atoms with van der Waals surface area (Å²) >= 11 is 12.1. The topological polar surface area (TPSA) is 62.2 Å². The molecule has 0 spiro atoms. The van der Waals surface area contributed by atoms with E-state index in [-0.39, 0.29) is 15.6 Å². The SMILES string of the molecule is Cc1ncc(C(=O)N[C@H]2c3ccccc3C[C@H]2O)c(Cl)c1Cl. The molecule has 0 saturated carbocycles. The highest BCUT2D eigenvalue weighted by Crippen LogP contribution is 2.32. The van der Waals surface area contributed by atoms with Crippen LogP contribution in [0.1, 0.15) is 33.2 Å². The molecule has 0 aliphatic heterocycles. The molecule has 1 aromatic heterocycles. The summed E-state index contributed by atoms with van der Waals surface area (Å²) in [7, 11) is 0. The fourth-order valence-corrected chi connectivity index (χ4v) is 3.10. The van der Waals surface area contributed by atoms with Crippen LogP contribution in [0, 0.1) is 6.92 Å². The zero-order chi connectivity index (χ0) is 15.9. The molecule has 0 fully saturated rings. The molecule has 1 aliphatic rings. The molecule has 4 nitrogen and oxygen atoms in total. The van der Waals surface area contributed by atoms with Crippen molar-refractivity contribution < 1.29 is 9.90 Å². The molecule has 2 N–H and O–H groups in total. The van der Waals surface area contributed by atoms with Gasteiger partial charge < -0.3 is 10.4 Å². The number of rotatable bonds is 2. The van der Waals surface area contributed by atoms with Crippen LogP contribution in [0.4, 0.5) is 0 Å². The van der Waals surface area contributed by atoms with Gasteiger partial charge in [0.15, 0.2) is 0 Å². The first-order valence-electron chi connectivity index (χ1n) is 6.86. The third-order valence-electron chi connectivity index (χ3n) is 3.87. The summed E-state index contributed by atoms with van der Waals surface area (Å²) in [6.45, 7) is 1.72. The lowest BCUT2D eigenvalue weighted by Gasteiger charge is -2.18. The number of hydrogen-bond donors (Lipinski definition) is 2. The normalized spacial score (nSPS) is 19.8. The fourth-order valence-electron chi connectivity index (χ4n) is 2.68. The second-order valence-corrected chi connectivity index (χ2v) is 6.06. The maximum atomic E-state index is 12.4. The lowest BCUT2D eigenvalue weighted by atomic mass is 10.1. The predicted molar refractivity (Wildman–Crippen MR) is 85.4 cm³/mol. The largest absolute Gasteiger partial charge is 0.390 e. The van der Waals surface area contributed by atoms with Crippen molar-refractivity contribution in [3.05, 3.63) is 62.9 Å². The summed E-state index contributed by atoms with van der Waals surface area (Å²) in [4.78, 5) is 16.5.